The molecule has 1 fully saturated rings. The molecule has 1 saturated carbocycles. The van der Waals surface area contributed by atoms with Gasteiger partial charge >= 0.3 is 5.97 Å². The molecule has 1 aliphatic carbocycles. The fraction of sp³-hybridized carbons (Fsp3) is 0.333. The van der Waals surface area contributed by atoms with E-state index in [4.69, 9.17) is 21.1 Å². The van der Waals surface area contributed by atoms with E-state index in [0.717, 1.165) is 27.8 Å². The summed E-state index contributed by atoms with van der Waals surface area (Å²) in [6, 6.07) is 14.2. The highest BCUT2D eigenvalue weighted by Crippen LogP contribution is 2.48. The zero-order valence-corrected chi connectivity index (χ0v) is 17.6. The molecule has 4 nitrogen and oxygen atoms in total. The molecule has 1 aliphatic rings. The molecule has 2 atom stereocenters. The van der Waals surface area contributed by atoms with Gasteiger partial charge in [0.15, 0.2) is 0 Å². The average Bonchev–Trinajstić information content (AvgIpc) is 3.45. The van der Waals surface area contributed by atoms with Gasteiger partial charge in [-0.2, -0.15) is 0 Å². The van der Waals surface area contributed by atoms with Gasteiger partial charge in [-0.25, -0.2) is 4.98 Å². The van der Waals surface area contributed by atoms with E-state index in [0.29, 0.717) is 29.2 Å². The molecule has 5 heteroatoms. The summed E-state index contributed by atoms with van der Waals surface area (Å²) >= 11 is 6.56. The number of ether oxygens (including phenoxy) is 2. The maximum absolute atomic E-state index is 12.3. The minimum absolute atomic E-state index is 0.0756. The van der Waals surface area contributed by atoms with Crippen LogP contribution in [0, 0.1) is 5.92 Å². The molecule has 0 amide bonds. The van der Waals surface area contributed by atoms with Gasteiger partial charge in [-0.15, -0.1) is 0 Å². The summed E-state index contributed by atoms with van der Waals surface area (Å²) in [4.78, 5) is 16.9. The van der Waals surface area contributed by atoms with Crippen LogP contribution < -0.4 is 4.74 Å². The third-order valence-electron chi connectivity index (χ3n) is 5.58. The molecular formula is C24H24ClNO3. The van der Waals surface area contributed by atoms with Gasteiger partial charge in [0.2, 0.25) is 0 Å². The number of carbonyl (C=O) groups is 1. The Balaban J connectivity index is 1.95. The SMILES string of the molecule is CCOC(=O)Cc1c(Cl)nc2ccc([C@H]3CC3C)cc2c1-c1cccc(OC)c1. The van der Waals surface area contributed by atoms with E-state index in [1.807, 2.05) is 30.3 Å². The number of halogens is 1. The molecule has 3 aromatic rings. The van der Waals surface area contributed by atoms with Crippen LogP contribution in [0.5, 0.6) is 5.75 Å². The largest absolute Gasteiger partial charge is 0.497 e. The maximum Gasteiger partial charge on any atom is 0.310 e. The van der Waals surface area contributed by atoms with Gasteiger partial charge in [0.1, 0.15) is 10.9 Å². The predicted octanol–water partition coefficient (Wildman–Crippen LogP) is 5.79. The van der Waals surface area contributed by atoms with E-state index >= 15 is 0 Å². The summed E-state index contributed by atoms with van der Waals surface area (Å²) in [5, 5.41) is 1.33. The molecule has 4 rings (SSSR count). The quantitative estimate of drug-likeness (QED) is 0.381. The van der Waals surface area contributed by atoms with Crippen molar-refractivity contribution in [3.63, 3.8) is 0 Å². The lowest BCUT2D eigenvalue weighted by Crippen LogP contribution is -2.10. The molecule has 0 radical (unpaired) electrons. The minimum Gasteiger partial charge on any atom is -0.497 e. The Morgan fingerprint density at radius 1 is 1.24 bits per heavy atom. The minimum atomic E-state index is -0.313. The number of benzene rings is 2. The Morgan fingerprint density at radius 3 is 2.72 bits per heavy atom. The molecule has 0 bridgehead atoms. The van der Waals surface area contributed by atoms with Gasteiger partial charge in [-0.3, -0.25) is 4.79 Å². The smallest absolute Gasteiger partial charge is 0.310 e. The van der Waals surface area contributed by atoms with E-state index in [1.165, 1.54) is 12.0 Å². The zero-order chi connectivity index (χ0) is 20.5. The van der Waals surface area contributed by atoms with Crippen LogP contribution in [0.25, 0.3) is 22.0 Å². The number of esters is 1. The molecule has 1 unspecified atom stereocenters. The third-order valence-corrected chi connectivity index (χ3v) is 5.89. The summed E-state index contributed by atoms with van der Waals surface area (Å²) < 4.78 is 10.6. The second-order valence-corrected chi connectivity index (χ2v) is 7.92. The lowest BCUT2D eigenvalue weighted by molar-refractivity contribution is -0.142. The van der Waals surface area contributed by atoms with E-state index in [9.17, 15) is 4.79 Å². The molecule has 0 spiro atoms. The van der Waals surface area contributed by atoms with Gasteiger partial charge in [-0.05, 0) is 66.1 Å². The van der Waals surface area contributed by atoms with E-state index < -0.39 is 0 Å². The monoisotopic (exact) mass is 409 g/mol. The van der Waals surface area contributed by atoms with Gasteiger partial charge in [-0.1, -0.05) is 36.7 Å². The van der Waals surface area contributed by atoms with Crippen LogP contribution >= 0.6 is 11.6 Å². The molecule has 1 aromatic heterocycles. The highest BCUT2D eigenvalue weighted by Gasteiger charge is 2.34. The van der Waals surface area contributed by atoms with Crippen LogP contribution in [0.4, 0.5) is 0 Å². The lowest BCUT2D eigenvalue weighted by atomic mass is 9.93. The Bertz CT molecular complexity index is 1080. The Labute approximate surface area is 175 Å². The van der Waals surface area contributed by atoms with Crippen molar-refractivity contribution in [2.24, 2.45) is 5.92 Å². The summed E-state index contributed by atoms with van der Waals surface area (Å²) in [7, 11) is 1.64. The molecule has 1 heterocycles. The molecule has 29 heavy (non-hydrogen) atoms. The first kappa shape index (κ1) is 19.7. The Kier molecular flexibility index (Phi) is 5.46. The summed E-state index contributed by atoms with van der Waals surface area (Å²) in [6.45, 7) is 4.39. The van der Waals surface area contributed by atoms with Crippen molar-refractivity contribution in [3.05, 3.63) is 58.7 Å². The normalized spacial score (nSPS) is 17.9. The van der Waals surface area contributed by atoms with E-state index in [1.54, 1.807) is 14.0 Å². The fourth-order valence-corrected chi connectivity index (χ4v) is 4.19. The number of fused-ring (bicyclic) bond motifs is 1. The van der Waals surface area contributed by atoms with Crippen molar-refractivity contribution in [2.45, 2.75) is 32.6 Å². The van der Waals surface area contributed by atoms with Crippen LogP contribution in [-0.2, 0) is 16.0 Å². The fourth-order valence-electron chi connectivity index (χ4n) is 3.93. The third kappa shape index (κ3) is 3.95. The first-order chi connectivity index (χ1) is 14.0. The van der Waals surface area contributed by atoms with Crippen molar-refractivity contribution in [1.82, 2.24) is 4.98 Å². The van der Waals surface area contributed by atoms with Crippen LogP contribution in [0.3, 0.4) is 0 Å². The topological polar surface area (TPSA) is 48.4 Å². The number of methoxy groups -OCH3 is 1. The number of carbonyl (C=O) groups excluding carboxylic acids is 1. The number of nitrogens with zero attached hydrogens (tertiary/aromatic N) is 1. The van der Waals surface area contributed by atoms with Crippen LogP contribution in [0.15, 0.2) is 42.5 Å². The van der Waals surface area contributed by atoms with Gasteiger partial charge in [0.05, 0.1) is 25.7 Å². The number of aromatic nitrogens is 1. The van der Waals surface area contributed by atoms with E-state index in [-0.39, 0.29) is 12.4 Å². The standard InChI is InChI=1S/C24H24ClNO3/c1-4-29-22(27)13-20-23(16-6-5-7-17(11-16)28-3)19-12-15(18-10-14(18)2)8-9-21(19)26-24(20)25/h5-9,11-12,14,18H,4,10,13H2,1-3H3/t14?,18-/m0/s1. The highest BCUT2D eigenvalue weighted by molar-refractivity contribution is 6.31. The Morgan fingerprint density at radius 2 is 2.03 bits per heavy atom. The predicted molar refractivity (Wildman–Crippen MR) is 116 cm³/mol. The van der Waals surface area contributed by atoms with Crippen molar-refractivity contribution in [2.75, 3.05) is 13.7 Å². The van der Waals surface area contributed by atoms with Crippen LogP contribution in [0.2, 0.25) is 5.15 Å². The highest BCUT2D eigenvalue weighted by atomic mass is 35.5. The van der Waals surface area contributed by atoms with Crippen molar-refractivity contribution < 1.29 is 14.3 Å². The van der Waals surface area contributed by atoms with Crippen molar-refractivity contribution in [3.8, 4) is 16.9 Å². The second kappa shape index (κ2) is 8.03. The second-order valence-electron chi connectivity index (χ2n) is 7.57. The average molecular weight is 410 g/mol. The van der Waals surface area contributed by atoms with Crippen LogP contribution in [0.1, 0.15) is 37.3 Å². The number of hydrogen-bond donors (Lipinski definition) is 0. The van der Waals surface area contributed by atoms with Crippen molar-refractivity contribution >= 4 is 28.5 Å². The Hall–Kier alpha value is -2.59. The maximum atomic E-state index is 12.3. The molecular weight excluding hydrogens is 386 g/mol. The molecule has 0 saturated heterocycles. The first-order valence-corrected chi connectivity index (χ1v) is 10.3. The number of pyridine rings is 1. The molecule has 0 N–H and O–H groups in total. The zero-order valence-electron chi connectivity index (χ0n) is 16.9. The molecule has 150 valence electrons. The number of rotatable bonds is 6. The van der Waals surface area contributed by atoms with Gasteiger partial charge in [0, 0.05) is 10.9 Å². The van der Waals surface area contributed by atoms with Gasteiger partial charge in [0.25, 0.3) is 0 Å². The summed E-state index contributed by atoms with van der Waals surface area (Å²) in [5.74, 6) is 1.72. The van der Waals surface area contributed by atoms with E-state index in [2.05, 4.69) is 24.0 Å². The van der Waals surface area contributed by atoms with Crippen molar-refractivity contribution in [1.29, 1.82) is 0 Å². The summed E-state index contributed by atoms with van der Waals surface area (Å²) in [6.07, 6.45) is 1.28. The first-order valence-electron chi connectivity index (χ1n) is 9.93. The molecule has 0 aliphatic heterocycles. The number of hydrogen-bond acceptors (Lipinski definition) is 4. The van der Waals surface area contributed by atoms with Crippen LogP contribution in [-0.4, -0.2) is 24.7 Å². The summed E-state index contributed by atoms with van der Waals surface area (Å²) in [5.41, 5.74) is 4.67. The molecule has 2 aromatic carbocycles. The van der Waals surface area contributed by atoms with Gasteiger partial charge < -0.3 is 9.47 Å². The lowest BCUT2D eigenvalue weighted by Gasteiger charge is -2.16.